The molecule has 0 amide bonds. The van der Waals surface area contributed by atoms with Gasteiger partial charge in [0.25, 0.3) is 0 Å². The number of nitrogens with one attached hydrogen (secondary N) is 1. The maximum absolute atomic E-state index is 13.4. The topological polar surface area (TPSA) is 21.3 Å². The molecule has 88 valence electrons. The van der Waals surface area contributed by atoms with E-state index in [2.05, 4.69) is 28.2 Å². The second-order valence-corrected chi connectivity index (χ2v) is 5.10. The molecule has 0 radical (unpaired) electrons. The Kier molecular flexibility index (Phi) is 3.22. The standard InChI is InChI=1S/C12H15BrFNO/c1-12(6-3-7-15-12)8-4-5-9(14)10(13)11(8)16-2/h4-5,15H,3,6-7H2,1-2H3. The molecule has 1 unspecified atom stereocenters. The fraction of sp³-hybridized carbons (Fsp3) is 0.500. The van der Waals surface area contributed by atoms with Crippen molar-refractivity contribution < 1.29 is 9.13 Å². The Bertz CT molecular complexity index is 402. The zero-order valence-corrected chi connectivity index (χ0v) is 11.0. The van der Waals surface area contributed by atoms with Crippen LogP contribution in [0.1, 0.15) is 25.3 Å². The predicted molar refractivity (Wildman–Crippen MR) is 65.2 cm³/mol. The third-order valence-corrected chi connectivity index (χ3v) is 3.96. The molecule has 2 nitrogen and oxygen atoms in total. The number of hydrogen-bond acceptors (Lipinski definition) is 2. The molecule has 0 aromatic heterocycles. The van der Waals surface area contributed by atoms with Crippen molar-refractivity contribution >= 4 is 15.9 Å². The molecule has 1 aromatic carbocycles. The number of methoxy groups -OCH3 is 1. The minimum atomic E-state index is -0.290. The predicted octanol–water partition coefficient (Wildman–Crippen LogP) is 3.20. The highest BCUT2D eigenvalue weighted by Gasteiger charge is 2.33. The lowest BCUT2D eigenvalue weighted by Gasteiger charge is -2.27. The molecular weight excluding hydrogens is 273 g/mol. The smallest absolute Gasteiger partial charge is 0.141 e. The van der Waals surface area contributed by atoms with Crippen LogP contribution < -0.4 is 10.1 Å². The second-order valence-electron chi connectivity index (χ2n) is 4.30. The summed E-state index contributed by atoms with van der Waals surface area (Å²) in [5.74, 6) is 0.305. The quantitative estimate of drug-likeness (QED) is 0.902. The van der Waals surface area contributed by atoms with Gasteiger partial charge < -0.3 is 10.1 Å². The fourth-order valence-corrected chi connectivity index (χ4v) is 2.80. The highest BCUT2D eigenvalue weighted by Crippen LogP contribution is 2.40. The Hall–Kier alpha value is -0.610. The Labute approximate surface area is 103 Å². The maximum Gasteiger partial charge on any atom is 0.141 e. The van der Waals surface area contributed by atoms with Crippen LogP contribution in [0, 0.1) is 5.82 Å². The summed E-state index contributed by atoms with van der Waals surface area (Å²) >= 11 is 3.23. The average Bonchev–Trinajstić information content (AvgIpc) is 2.70. The fourth-order valence-electron chi connectivity index (χ4n) is 2.29. The largest absolute Gasteiger partial charge is 0.495 e. The van der Waals surface area contributed by atoms with Crippen LogP contribution in [0.3, 0.4) is 0 Å². The summed E-state index contributed by atoms with van der Waals surface area (Å²) in [4.78, 5) is 0. The monoisotopic (exact) mass is 287 g/mol. The van der Waals surface area contributed by atoms with Crippen molar-refractivity contribution in [3.05, 3.63) is 28.0 Å². The molecule has 1 atom stereocenters. The zero-order valence-electron chi connectivity index (χ0n) is 9.44. The van der Waals surface area contributed by atoms with Crippen molar-refractivity contribution in [3.8, 4) is 5.75 Å². The van der Waals surface area contributed by atoms with Crippen molar-refractivity contribution in [2.75, 3.05) is 13.7 Å². The summed E-state index contributed by atoms with van der Waals surface area (Å²) in [6, 6.07) is 3.28. The van der Waals surface area contributed by atoms with Crippen molar-refractivity contribution in [1.29, 1.82) is 0 Å². The molecule has 0 spiro atoms. The zero-order chi connectivity index (χ0) is 11.8. The summed E-state index contributed by atoms with van der Waals surface area (Å²) in [6.45, 7) is 3.12. The summed E-state index contributed by atoms with van der Waals surface area (Å²) < 4.78 is 19.1. The summed E-state index contributed by atoms with van der Waals surface area (Å²) in [7, 11) is 1.57. The van der Waals surface area contributed by atoms with E-state index < -0.39 is 0 Å². The Morgan fingerprint density at radius 3 is 2.81 bits per heavy atom. The van der Waals surface area contributed by atoms with Crippen LogP contribution in [0.2, 0.25) is 0 Å². The van der Waals surface area contributed by atoms with Gasteiger partial charge in [-0.1, -0.05) is 6.07 Å². The third kappa shape index (κ3) is 1.84. The van der Waals surface area contributed by atoms with Crippen LogP contribution in [0.15, 0.2) is 16.6 Å². The lowest BCUT2D eigenvalue weighted by molar-refractivity contribution is 0.365. The van der Waals surface area contributed by atoms with E-state index in [1.807, 2.05) is 0 Å². The molecular formula is C12H15BrFNO. The van der Waals surface area contributed by atoms with E-state index in [0.717, 1.165) is 24.9 Å². The Morgan fingerprint density at radius 1 is 1.50 bits per heavy atom. The highest BCUT2D eigenvalue weighted by molar-refractivity contribution is 9.10. The molecule has 16 heavy (non-hydrogen) atoms. The van der Waals surface area contributed by atoms with E-state index in [9.17, 15) is 4.39 Å². The minimum Gasteiger partial charge on any atom is -0.495 e. The van der Waals surface area contributed by atoms with Crippen LogP contribution in [-0.2, 0) is 5.54 Å². The van der Waals surface area contributed by atoms with Crippen molar-refractivity contribution in [3.63, 3.8) is 0 Å². The van der Waals surface area contributed by atoms with Crippen LogP contribution in [0.5, 0.6) is 5.75 Å². The number of ether oxygens (including phenoxy) is 1. The van der Waals surface area contributed by atoms with Gasteiger partial charge in [0.1, 0.15) is 11.6 Å². The summed E-state index contributed by atoms with van der Waals surface area (Å²) in [6.07, 6.45) is 2.18. The van der Waals surface area contributed by atoms with Crippen molar-refractivity contribution in [2.45, 2.75) is 25.3 Å². The molecule has 1 aliphatic heterocycles. The number of halogens is 2. The summed E-state index contributed by atoms with van der Waals surface area (Å²) in [5, 5.41) is 3.45. The van der Waals surface area contributed by atoms with Crippen LogP contribution in [-0.4, -0.2) is 13.7 Å². The SMILES string of the molecule is COc1c(C2(C)CCCN2)ccc(F)c1Br. The van der Waals surface area contributed by atoms with E-state index in [0.29, 0.717) is 10.2 Å². The maximum atomic E-state index is 13.4. The van der Waals surface area contributed by atoms with Gasteiger partial charge in [-0.3, -0.25) is 0 Å². The van der Waals surface area contributed by atoms with Gasteiger partial charge in [-0.25, -0.2) is 4.39 Å². The van der Waals surface area contributed by atoms with Crippen LogP contribution in [0.25, 0.3) is 0 Å². The molecule has 1 N–H and O–H groups in total. The molecule has 1 aliphatic rings. The highest BCUT2D eigenvalue weighted by atomic mass is 79.9. The lowest BCUT2D eigenvalue weighted by atomic mass is 9.90. The van der Waals surface area contributed by atoms with Crippen LogP contribution in [0.4, 0.5) is 4.39 Å². The Morgan fingerprint density at radius 2 is 2.25 bits per heavy atom. The van der Waals surface area contributed by atoms with E-state index in [4.69, 9.17) is 4.74 Å². The lowest BCUT2D eigenvalue weighted by Crippen LogP contribution is -2.33. The van der Waals surface area contributed by atoms with Gasteiger partial charge in [-0.05, 0) is 48.3 Å². The van der Waals surface area contributed by atoms with E-state index >= 15 is 0 Å². The summed E-state index contributed by atoms with van der Waals surface area (Å²) in [5.41, 5.74) is 0.905. The van der Waals surface area contributed by atoms with Gasteiger partial charge in [0.05, 0.1) is 11.6 Å². The molecule has 0 saturated carbocycles. The first-order chi connectivity index (χ1) is 7.58. The van der Waals surface area contributed by atoms with Crippen molar-refractivity contribution in [1.82, 2.24) is 5.32 Å². The van der Waals surface area contributed by atoms with Gasteiger partial charge in [0.15, 0.2) is 0 Å². The molecule has 1 heterocycles. The number of hydrogen-bond donors (Lipinski definition) is 1. The van der Waals surface area contributed by atoms with E-state index in [1.165, 1.54) is 6.07 Å². The van der Waals surface area contributed by atoms with Gasteiger partial charge >= 0.3 is 0 Å². The molecule has 4 heteroatoms. The molecule has 1 saturated heterocycles. The van der Waals surface area contributed by atoms with Gasteiger partial charge in [-0.2, -0.15) is 0 Å². The molecule has 0 aliphatic carbocycles. The van der Waals surface area contributed by atoms with Gasteiger partial charge in [0, 0.05) is 11.1 Å². The first-order valence-corrected chi connectivity index (χ1v) is 6.15. The number of rotatable bonds is 2. The average molecular weight is 288 g/mol. The normalized spacial score (nSPS) is 24.8. The molecule has 1 fully saturated rings. The third-order valence-electron chi connectivity index (χ3n) is 3.22. The van der Waals surface area contributed by atoms with E-state index in [1.54, 1.807) is 13.2 Å². The molecule has 2 rings (SSSR count). The van der Waals surface area contributed by atoms with Gasteiger partial charge in [-0.15, -0.1) is 0 Å². The van der Waals surface area contributed by atoms with Crippen molar-refractivity contribution in [2.24, 2.45) is 0 Å². The first kappa shape index (κ1) is 11.9. The first-order valence-electron chi connectivity index (χ1n) is 5.36. The Balaban J connectivity index is 2.52. The van der Waals surface area contributed by atoms with Gasteiger partial charge in [0.2, 0.25) is 0 Å². The molecule has 0 bridgehead atoms. The number of benzene rings is 1. The van der Waals surface area contributed by atoms with Crippen LogP contribution >= 0.6 is 15.9 Å². The molecule has 1 aromatic rings. The van der Waals surface area contributed by atoms with E-state index in [-0.39, 0.29) is 11.4 Å². The second kappa shape index (κ2) is 4.34. The minimum absolute atomic E-state index is 0.110.